The van der Waals surface area contributed by atoms with Crippen molar-refractivity contribution in [3.63, 3.8) is 0 Å². The van der Waals surface area contributed by atoms with E-state index in [1.165, 1.54) is 16.5 Å². The largest absolute Gasteiger partial charge is 0.356 e. The minimum absolute atomic E-state index is 0.293. The molecule has 2 rings (SSSR count). The fourth-order valence-corrected chi connectivity index (χ4v) is 3.04. The summed E-state index contributed by atoms with van der Waals surface area (Å²) in [6.45, 7) is 7.13. The predicted octanol–water partition coefficient (Wildman–Crippen LogP) is 2.78. The molecule has 5 heteroatoms. The molecule has 2 aromatic carbocycles. The summed E-state index contributed by atoms with van der Waals surface area (Å²) in [5.41, 5.74) is 1.67. The predicted molar refractivity (Wildman–Crippen MR) is 102 cm³/mol. The van der Waals surface area contributed by atoms with Gasteiger partial charge in [-0.3, -0.25) is 0 Å². The first-order valence-corrected chi connectivity index (χ1v) is 8.75. The molecule has 0 saturated carbocycles. The van der Waals surface area contributed by atoms with Crippen LogP contribution in [0.2, 0.25) is 0 Å². The molecule has 0 aromatic heterocycles. The number of rotatable bonds is 7. The average Bonchev–Trinajstić information content (AvgIpc) is 2.61. The van der Waals surface area contributed by atoms with E-state index < -0.39 is 0 Å². The van der Waals surface area contributed by atoms with Crippen LogP contribution in [0.25, 0.3) is 0 Å². The van der Waals surface area contributed by atoms with Gasteiger partial charge in [0, 0.05) is 5.56 Å². The van der Waals surface area contributed by atoms with Crippen molar-refractivity contribution in [1.29, 1.82) is 0 Å². The summed E-state index contributed by atoms with van der Waals surface area (Å²) < 4.78 is 13.7. The summed E-state index contributed by atoms with van der Waals surface area (Å²) in [7, 11) is 0. The third-order valence-electron chi connectivity index (χ3n) is 4.19. The molecule has 1 atom stereocenters. The number of para-hydroxylation sites is 1. The lowest BCUT2D eigenvalue weighted by atomic mass is 10.1. The Morgan fingerprint density at radius 1 is 1.04 bits per heavy atom. The Bertz CT molecular complexity index is 644. The highest BCUT2D eigenvalue weighted by atomic mass is 32.1. The van der Waals surface area contributed by atoms with Crippen molar-refractivity contribution in [2.24, 2.45) is 0 Å². The fourth-order valence-electron chi connectivity index (χ4n) is 2.85. The second kappa shape index (κ2) is 9.35. The van der Waals surface area contributed by atoms with Gasteiger partial charge in [-0.25, -0.2) is 4.39 Å². The van der Waals surface area contributed by atoms with Crippen molar-refractivity contribution in [3.8, 4) is 0 Å². The normalized spacial score (nSPS) is 12.0. The third-order valence-corrected chi connectivity index (χ3v) is 4.44. The van der Waals surface area contributed by atoms with E-state index in [1.807, 2.05) is 6.07 Å². The molecule has 0 radical (unpaired) electrons. The average molecular weight is 346 g/mol. The van der Waals surface area contributed by atoms with E-state index >= 15 is 0 Å². The van der Waals surface area contributed by atoms with Crippen LogP contribution < -0.4 is 15.5 Å². The fraction of sp³-hybridized carbons (Fsp3) is 0.316. The van der Waals surface area contributed by atoms with Gasteiger partial charge in [0.15, 0.2) is 5.11 Å². The van der Waals surface area contributed by atoms with E-state index in [4.69, 9.17) is 12.2 Å². The Morgan fingerprint density at radius 2 is 1.67 bits per heavy atom. The molecule has 0 aliphatic heterocycles. The Hall–Kier alpha value is -1.98. The molecule has 0 saturated heterocycles. The number of nitrogens with one attached hydrogen (secondary N) is 3. The van der Waals surface area contributed by atoms with Gasteiger partial charge in [-0.05, 0) is 38.2 Å². The number of anilines is 1. The lowest BCUT2D eigenvalue weighted by Gasteiger charge is -2.27. The van der Waals surface area contributed by atoms with Gasteiger partial charge in [0.2, 0.25) is 0 Å². The maximum absolute atomic E-state index is 13.7. The van der Waals surface area contributed by atoms with Gasteiger partial charge in [-0.2, -0.15) is 0 Å². The molecule has 0 amide bonds. The van der Waals surface area contributed by atoms with E-state index in [0.29, 0.717) is 23.4 Å². The highest BCUT2D eigenvalue weighted by molar-refractivity contribution is 7.80. The lowest BCUT2D eigenvalue weighted by Crippen LogP contribution is -3.12. The molecule has 3 nitrogen and oxygen atoms in total. The minimum atomic E-state index is -0.310. The summed E-state index contributed by atoms with van der Waals surface area (Å²) in [4.78, 5) is 1.47. The monoisotopic (exact) mass is 346 g/mol. The SMILES string of the molecule is CC[NH+](CC)[C@H](CNC(=S)Nc1ccccc1F)c1ccccc1. The molecule has 0 fully saturated rings. The number of quaternary nitrogens is 1. The van der Waals surface area contributed by atoms with Crippen molar-refractivity contribution >= 4 is 23.0 Å². The van der Waals surface area contributed by atoms with Crippen molar-refractivity contribution in [2.75, 3.05) is 25.0 Å². The highest BCUT2D eigenvalue weighted by Crippen LogP contribution is 2.12. The summed E-state index contributed by atoms with van der Waals surface area (Å²) >= 11 is 5.32. The number of thiocarbonyl (C=S) groups is 1. The van der Waals surface area contributed by atoms with E-state index in [9.17, 15) is 4.39 Å². The molecule has 0 spiro atoms. The summed E-state index contributed by atoms with van der Waals surface area (Å²) in [5, 5.41) is 6.60. The van der Waals surface area contributed by atoms with Crippen LogP contribution in [0, 0.1) is 5.82 Å². The number of hydrogen-bond donors (Lipinski definition) is 3. The molecule has 2 aromatic rings. The minimum Gasteiger partial charge on any atom is -0.356 e. The highest BCUT2D eigenvalue weighted by Gasteiger charge is 2.21. The number of benzene rings is 2. The van der Waals surface area contributed by atoms with Crippen molar-refractivity contribution in [2.45, 2.75) is 19.9 Å². The van der Waals surface area contributed by atoms with Gasteiger partial charge in [0.25, 0.3) is 0 Å². The Balaban J connectivity index is 2.02. The number of likely N-dealkylation sites (N-methyl/N-ethyl adjacent to an activating group) is 1. The number of halogens is 1. The first-order valence-electron chi connectivity index (χ1n) is 8.34. The van der Waals surface area contributed by atoms with Gasteiger partial charge in [0.1, 0.15) is 11.9 Å². The standard InChI is InChI=1S/C19H24FN3S/c1-3-23(4-2)18(15-10-6-5-7-11-15)14-21-19(24)22-17-13-9-8-12-16(17)20/h5-13,18H,3-4,14H2,1-2H3,(H2,21,22,24)/p+1/t18-/m1/s1. The molecule has 0 aliphatic rings. The zero-order chi connectivity index (χ0) is 17.4. The van der Waals surface area contributed by atoms with Crippen LogP contribution in [0.1, 0.15) is 25.5 Å². The molecular weight excluding hydrogens is 321 g/mol. The molecule has 0 unspecified atom stereocenters. The molecule has 0 bridgehead atoms. The second-order valence-electron chi connectivity index (χ2n) is 5.64. The van der Waals surface area contributed by atoms with Crippen LogP contribution in [-0.4, -0.2) is 24.7 Å². The topological polar surface area (TPSA) is 28.5 Å². The van der Waals surface area contributed by atoms with Gasteiger partial charge >= 0.3 is 0 Å². The molecule has 0 heterocycles. The van der Waals surface area contributed by atoms with Gasteiger partial charge in [-0.15, -0.1) is 0 Å². The van der Waals surface area contributed by atoms with Crippen LogP contribution in [0.5, 0.6) is 0 Å². The molecule has 3 N–H and O–H groups in total. The van der Waals surface area contributed by atoms with Crippen molar-refractivity contribution in [3.05, 3.63) is 66.0 Å². The summed E-state index contributed by atoms with van der Waals surface area (Å²) in [5.74, 6) is -0.310. The van der Waals surface area contributed by atoms with E-state index in [1.54, 1.807) is 18.2 Å². The first kappa shape index (κ1) is 18.4. The smallest absolute Gasteiger partial charge is 0.171 e. The molecule has 0 aliphatic carbocycles. The maximum atomic E-state index is 13.7. The first-order chi connectivity index (χ1) is 11.7. The van der Waals surface area contributed by atoms with E-state index in [2.05, 4.69) is 48.7 Å². The van der Waals surface area contributed by atoms with E-state index in [0.717, 1.165) is 13.1 Å². The Morgan fingerprint density at radius 3 is 2.29 bits per heavy atom. The van der Waals surface area contributed by atoms with Crippen LogP contribution in [-0.2, 0) is 0 Å². The van der Waals surface area contributed by atoms with Crippen molar-refractivity contribution < 1.29 is 9.29 Å². The Labute approximate surface area is 148 Å². The quantitative estimate of drug-likeness (QED) is 0.673. The summed E-state index contributed by atoms with van der Waals surface area (Å²) in [6, 6.07) is 17.2. The molecule has 24 heavy (non-hydrogen) atoms. The van der Waals surface area contributed by atoms with Gasteiger partial charge < -0.3 is 15.5 Å². The maximum Gasteiger partial charge on any atom is 0.171 e. The zero-order valence-corrected chi connectivity index (χ0v) is 15.0. The summed E-state index contributed by atoms with van der Waals surface area (Å²) in [6.07, 6.45) is 0. The van der Waals surface area contributed by atoms with E-state index in [-0.39, 0.29) is 5.82 Å². The van der Waals surface area contributed by atoms with Crippen LogP contribution in [0.3, 0.4) is 0 Å². The Kier molecular flexibility index (Phi) is 7.15. The zero-order valence-electron chi connectivity index (χ0n) is 14.2. The van der Waals surface area contributed by atoms with Crippen LogP contribution >= 0.6 is 12.2 Å². The molecule has 128 valence electrons. The van der Waals surface area contributed by atoms with Gasteiger partial charge in [-0.1, -0.05) is 42.5 Å². The van der Waals surface area contributed by atoms with Gasteiger partial charge in [0.05, 0.1) is 25.3 Å². The van der Waals surface area contributed by atoms with Crippen LogP contribution in [0.15, 0.2) is 54.6 Å². The second-order valence-corrected chi connectivity index (χ2v) is 6.05. The molecular formula is C19H25FN3S+. The third kappa shape index (κ3) is 5.01. The van der Waals surface area contributed by atoms with Crippen LogP contribution in [0.4, 0.5) is 10.1 Å². The lowest BCUT2D eigenvalue weighted by molar-refractivity contribution is -0.927. The number of hydrogen-bond acceptors (Lipinski definition) is 1. The van der Waals surface area contributed by atoms with Crippen molar-refractivity contribution in [1.82, 2.24) is 5.32 Å².